The number of rotatable bonds is 5. The van der Waals surface area contributed by atoms with Gasteiger partial charge in [-0.2, -0.15) is 0 Å². The molecule has 1 rings (SSSR count). The van der Waals surface area contributed by atoms with E-state index in [1.807, 2.05) is 33.8 Å². The number of hydrogen-bond acceptors (Lipinski definition) is 3. The van der Waals surface area contributed by atoms with Crippen LogP contribution in [-0.4, -0.2) is 30.1 Å². The predicted molar refractivity (Wildman–Crippen MR) is 80.7 cm³/mol. The summed E-state index contributed by atoms with van der Waals surface area (Å²) in [5, 5.41) is 11.8. The largest absolute Gasteiger partial charge is 0.496 e. The van der Waals surface area contributed by atoms with Crippen LogP contribution in [0.3, 0.4) is 0 Å². The Morgan fingerprint density at radius 2 is 1.95 bits per heavy atom. The Bertz CT molecular complexity index is 532. The number of carbonyl (C=O) groups is 2. The number of benzene rings is 1. The van der Waals surface area contributed by atoms with Gasteiger partial charge in [0.15, 0.2) is 0 Å². The van der Waals surface area contributed by atoms with E-state index >= 15 is 0 Å². The summed E-state index contributed by atoms with van der Waals surface area (Å²) >= 11 is 0. The number of hydrogen-bond donors (Lipinski definition) is 2. The van der Waals surface area contributed by atoms with E-state index in [-0.39, 0.29) is 17.7 Å². The van der Waals surface area contributed by atoms with Gasteiger partial charge in [-0.3, -0.25) is 9.59 Å². The van der Waals surface area contributed by atoms with E-state index < -0.39 is 12.0 Å². The van der Waals surface area contributed by atoms with Gasteiger partial charge in [0, 0.05) is 6.04 Å². The van der Waals surface area contributed by atoms with E-state index in [2.05, 4.69) is 5.32 Å². The number of carbonyl (C=O) groups excluding carboxylic acids is 1. The maximum Gasteiger partial charge on any atom is 0.305 e. The molecule has 1 amide bonds. The van der Waals surface area contributed by atoms with Crippen LogP contribution >= 0.6 is 0 Å². The number of aryl methyl sites for hydroxylation is 1. The molecular formula is C16H23NO4. The third-order valence-electron chi connectivity index (χ3n) is 3.33. The Morgan fingerprint density at radius 1 is 1.33 bits per heavy atom. The number of carboxylic acids is 1. The van der Waals surface area contributed by atoms with E-state index in [1.165, 1.54) is 7.11 Å². The summed E-state index contributed by atoms with van der Waals surface area (Å²) in [6.07, 6.45) is -0.122. The zero-order valence-electron chi connectivity index (χ0n) is 13.2. The second kappa shape index (κ2) is 6.61. The standard InChI is InChI=1S/C16H23NO4/c1-10-6-7-12(21-5)11(8-10)15(20)17-13(9-14(18)19)16(2,3)4/h6-8,13H,9H2,1-5H3,(H,17,20)(H,18,19). The van der Waals surface area contributed by atoms with Crippen molar-refractivity contribution >= 4 is 11.9 Å². The number of methoxy groups -OCH3 is 1. The molecule has 0 aromatic heterocycles. The maximum absolute atomic E-state index is 12.4. The predicted octanol–water partition coefficient (Wildman–Crippen LogP) is 2.62. The number of ether oxygens (including phenoxy) is 1. The van der Waals surface area contributed by atoms with Gasteiger partial charge in [0.1, 0.15) is 5.75 Å². The second-order valence-corrected chi connectivity index (χ2v) is 6.19. The molecule has 0 bridgehead atoms. The lowest BCUT2D eigenvalue weighted by molar-refractivity contribution is -0.138. The first kappa shape index (κ1) is 17.0. The fraction of sp³-hybridized carbons (Fsp3) is 0.500. The molecule has 0 spiro atoms. The monoisotopic (exact) mass is 293 g/mol. The molecule has 1 atom stereocenters. The molecule has 5 nitrogen and oxygen atoms in total. The Morgan fingerprint density at radius 3 is 2.43 bits per heavy atom. The quantitative estimate of drug-likeness (QED) is 0.875. The summed E-state index contributed by atoms with van der Waals surface area (Å²) in [6.45, 7) is 7.58. The highest BCUT2D eigenvalue weighted by atomic mass is 16.5. The van der Waals surface area contributed by atoms with Gasteiger partial charge in [-0.15, -0.1) is 0 Å². The van der Waals surface area contributed by atoms with E-state index in [0.29, 0.717) is 11.3 Å². The van der Waals surface area contributed by atoms with Gasteiger partial charge >= 0.3 is 5.97 Å². The minimum atomic E-state index is -0.938. The lowest BCUT2D eigenvalue weighted by atomic mass is 9.84. The summed E-state index contributed by atoms with van der Waals surface area (Å²) in [4.78, 5) is 23.4. The lowest BCUT2D eigenvalue weighted by Gasteiger charge is -2.30. The summed E-state index contributed by atoms with van der Waals surface area (Å²) in [7, 11) is 1.50. The van der Waals surface area contributed by atoms with Crippen molar-refractivity contribution in [1.82, 2.24) is 5.32 Å². The van der Waals surface area contributed by atoms with Crippen LogP contribution in [0.2, 0.25) is 0 Å². The van der Waals surface area contributed by atoms with Crippen molar-refractivity contribution in [1.29, 1.82) is 0 Å². The third kappa shape index (κ3) is 4.77. The van der Waals surface area contributed by atoms with E-state index in [4.69, 9.17) is 9.84 Å². The molecule has 2 N–H and O–H groups in total. The third-order valence-corrected chi connectivity index (χ3v) is 3.33. The molecule has 0 aliphatic heterocycles. The van der Waals surface area contributed by atoms with Crippen molar-refractivity contribution in [2.24, 2.45) is 5.41 Å². The van der Waals surface area contributed by atoms with Gasteiger partial charge in [0.25, 0.3) is 5.91 Å². The number of aliphatic carboxylic acids is 1. The Labute approximate surface area is 125 Å². The van der Waals surface area contributed by atoms with Crippen LogP contribution in [0.25, 0.3) is 0 Å². The average molecular weight is 293 g/mol. The number of carboxylic acid groups (broad SMARTS) is 1. The van der Waals surface area contributed by atoms with Crippen LogP contribution in [-0.2, 0) is 4.79 Å². The van der Waals surface area contributed by atoms with Gasteiger partial charge in [-0.05, 0) is 24.5 Å². The van der Waals surface area contributed by atoms with Crippen molar-refractivity contribution in [3.05, 3.63) is 29.3 Å². The Kier molecular flexibility index (Phi) is 5.35. The molecule has 116 valence electrons. The van der Waals surface area contributed by atoms with Gasteiger partial charge < -0.3 is 15.2 Å². The first-order chi connectivity index (χ1) is 9.65. The molecular weight excluding hydrogens is 270 g/mol. The normalized spacial score (nSPS) is 12.6. The van der Waals surface area contributed by atoms with Crippen molar-refractivity contribution in [2.75, 3.05) is 7.11 Å². The number of nitrogens with one attached hydrogen (secondary N) is 1. The van der Waals surface area contributed by atoms with Gasteiger partial charge in [-0.1, -0.05) is 32.4 Å². The summed E-state index contributed by atoms with van der Waals surface area (Å²) in [5.41, 5.74) is 0.995. The smallest absolute Gasteiger partial charge is 0.305 e. The highest BCUT2D eigenvalue weighted by Gasteiger charge is 2.29. The summed E-state index contributed by atoms with van der Waals surface area (Å²) < 4.78 is 5.19. The number of amides is 1. The topological polar surface area (TPSA) is 75.6 Å². The minimum absolute atomic E-state index is 0.122. The molecule has 0 saturated heterocycles. The summed E-state index contributed by atoms with van der Waals surface area (Å²) in [5.74, 6) is -0.788. The molecule has 1 aromatic rings. The van der Waals surface area contributed by atoms with Gasteiger partial charge in [0.05, 0.1) is 19.1 Å². The molecule has 5 heteroatoms. The van der Waals surface area contributed by atoms with Crippen molar-refractivity contribution < 1.29 is 19.4 Å². The van der Waals surface area contributed by atoms with Crippen molar-refractivity contribution in [3.63, 3.8) is 0 Å². The van der Waals surface area contributed by atoms with Crippen LogP contribution in [0, 0.1) is 12.3 Å². The lowest BCUT2D eigenvalue weighted by Crippen LogP contribution is -2.45. The van der Waals surface area contributed by atoms with Crippen LogP contribution in [0.1, 0.15) is 43.1 Å². The molecule has 0 aliphatic rings. The molecule has 1 aromatic carbocycles. The van der Waals surface area contributed by atoms with E-state index in [9.17, 15) is 9.59 Å². The van der Waals surface area contributed by atoms with E-state index in [1.54, 1.807) is 12.1 Å². The molecule has 21 heavy (non-hydrogen) atoms. The van der Waals surface area contributed by atoms with Crippen molar-refractivity contribution in [2.45, 2.75) is 40.2 Å². The van der Waals surface area contributed by atoms with E-state index in [0.717, 1.165) is 5.56 Å². The highest BCUT2D eigenvalue weighted by Crippen LogP contribution is 2.24. The Hall–Kier alpha value is -2.04. The zero-order valence-corrected chi connectivity index (χ0v) is 13.2. The van der Waals surface area contributed by atoms with Crippen LogP contribution in [0.15, 0.2) is 18.2 Å². The highest BCUT2D eigenvalue weighted by molar-refractivity contribution is 5.97. The SMILES string of the molecule is COc1ccc(C)cc1C(=O)NC(CC(=O)O)C(C)(C)C. The van der Waals surface area contributed by atoms with Crippen molar-refractivity contribution in [3.8, 4) is 5.75 Å². The summed E-state index contributed by atoms with van der Waals surface area (Å²) in [6, 6.07) is 4.85. The second-order valence-electron chi connectivity index (χ2n) is 6.19. The minimum Gasteiger partial charge on any atom is -0.496 e. The molecule has 0 radical (unpaired) electrons. The Balaban J connectivity index is 3.02. The molecule has 0 fully saturated rings. The van der Waals surface area contributed by atoms with Crippen LogP contribution < -0.4 is 10.1 Å². The first-order valence-electron chi connectivity index (χ1n) is 6.82. The van der Waals surface area contributed by atoms with Gasteiger partial charge in [-0.25, -0.2) is 0 Å². The molecule has 0 aliphatic carbocycles. The maximum atomic E-state index is 12.4. The average Bonchev–Trinajstić information content (AvgIpc) is 2.36. The van der Waals surface area contributed by atoms with Crippen LogP contribution in [0.5, 0.6) is 5.75 Å². The fourth-order valence-corrected chi connectivity index (χ4v) is 1.98. The fourth-order valence-electron chi connectivity index (χ4n) is 1.98. The zero-order chi connectivity index (χ0) is 16.2. The molecule has 0 saturated carbocycles. The first-order valence-corrected chi connectivity index (χ1v) is 6.82. The van der Waals surface area contributed by atoms with Crippen LogP contribution in [0.4, 0.5) is 0 Å². The molecule has 0 heterocycles. The molecule has 1 unspecified atom stereocenters. The van der Waals surface area contributed by atoms with Gasteiger partial charge in [0.2, 0.25) is 0 Å².